The molecule has 0 spiro atoms. The lowest BCUT2D eigenvalue weighted by atomic mass is 10.6. The summed E-state index contributed by atoms with van der Waals surface area (Å²) < 4.78 is 15.7. The maximum absolute atomic E-state index is 5.22. The number of nitrogens with two attached hydrogens (primary N) is 2. The summed E-state index contributed by atoms with van der Waals surface area (Å²) in [5, 5.41) is 3.03. The molecule has 124 valence electrons. The van der Waals surface area contributed by atoms with Crippen LogP contribution in [0.4, 0.5) is 0 Å². The Morgan fingerprint density at radius 1 is 0.950 bits per heavy atom. The van der Waals surface area contributed by atoms with Gasteiger partial charge in [0.25, 0.3) is 0 Å². The highest BCUT2D eigenvalue weighted by molar-refractivity contribution is 6.36. The van der Waals surface area contributed by atoms with Gasteiger partial charge in [0.1, 0.15) is 0 Å². The topological polar surface area (TPSA) is 91.8 Å². The van der Waals surface area contributed by atoms with Crippen LogP contribution in [0.15, 0.2) is 12.7 Å². The maximum atomic E-state index is 5.22. The molecule has 5 N–H and O–H groups in total. The zero-order chi connectivity index (χ0) is 16.1. The molecule has 7 heteroatoms. The minimum atomic E-state index is -1.73. The van der Waals surface area contributed by atoms with Crippen LogP contribution in [0.25, 0.3) is 0 Å². The molecule has 0 bridgehead atoms. The van der Waals surface area contributed by atoms with Gasteiger partial charge in [-0.25, -0.2) is 0 Å². The summed E-state index contributed by atoms with van der Waals surface area (Å²) in [6, 6.07) is 0. The number of nitrogens with one attached hydrogen (secondary N) is 1. The lowest BCUT2D eigenvalue weighted by Gasteiger charge is -2.12. The Morgan fingerprint density at radius 3 is 1.45 bits per heavy atom. The number of rotatable bonds is 10. The van der Waals surface area contributed by atoms with E-state index in [0.717, 1.165) is 13.1 Å². The molecule has 0 fully saturated rings. The Balaban J connectivity index is -0.000000251. The van der Waals surface area contributed by atoms with Crippen molar-refractivity contribution in [3.63, 3.8) is 0 Å². The van der Waals surface area contributed by atoms with Crippen LogP contribution in [-0.2, 0) is 13.3 Å². The molecule has 0 aliphatic rings. The Kier molecular flexibility index (Phi) is 33.5. The van der Waals surface area contributed by atoms with Crippen molar-refractivity contribution in [3.05, 3.63) is 12.7 Å². The predicted octanol–water partition coefficient (Wildman–Crippen LogP) is 0.499. The van der Waals surface area contributed by atoms with Crippen molar-refractivity contribution >= 4 is 9.53 Å². The molecular formula is C13H35N3O3Si. The first-order valence-electron chi connectivity index (χ1n) is 7.20. The van der Waals surface area contributed by atoms with Crippen molar-refractivity contribution in [2.45, 2.75) is 27.7 Å². The van der Waals surface area contributed by atoms with Crippen LogP contribution >= 0.6 is 0 Å². The van der Waals surface area contributed by atoms with E-state index in [-0.39, 0.29) is 0 Å². The average molecular weight is 310 g/mol. The van der Waals surface area contributed by atoms with Crippen LogP contribution in [0, 0.1) is 0 Å². The third kappa shape index (κ3) is 30.6. The van der Waals surface area contributed by atoms with E-state index in [1.165, 1.54) is 0 Å². The second-order valence-electron chi connectivity index (χ2n) is 3.39. The van der Waals surface area contributed by atoms with Crippen molar-refractivity contribution in [3.8, 4) is 0 Å². The molecule has 0 aromatic rings. The maximum Gasteiger partial charge on any atom is 0.484 e. The molecular weight excluding hydrogens is 274 g/mol. The van der Waals surface area contributed by atoms with E-state index in [1.54, 1.807) is 6.08 Å². The first kappa shape index (κ1) is 24.7. The minimum absolute atomic E-state index is 0.677. The highest BCUT2D eigenvalue weighted by Gasteiger charge is 2.11. The quantitative estimate of drug-likeness (QED) is 0.309. The van der Waals surface area contributed by atoms with Gasteiger partial charge in [0.05, 0.1) is 0 Å². The standard InChI is InChI=1S/C6H16O3Si.C4H13N3.C3H6/c1-4-7-10(8-5-2)9-6-3;5-1-3-7-4-2-6;1-3-2/h10H,4-6H2,1-3H3;7H,1-6H2;3H,1H2,2H3. The number of hydrogen-bond acceptors (Lipinski definition) is 6. The molecule has 0 aliphatic carbocycles. The van der Waals surface area contributed by atoms with E-state index in [0.29, 0.717) is 32.9 Å². The summed E-state index contributed by atoms with van der Waals surface area (Å²) in [4.78, 5) is 0. The Labute approximate surface area is 126 Å². The van der Waals surface area contributed by atoms with Crippen LogP contribution < -0.4 is 16.8 Å². The van der Waals surface area contributed by atoms with Gasteiger partial charge in [-0.1, -0.05) is 6.08 Å². The van der Waals surface area contributed by atoms with Crippen LogP contribution in [0.1, 0.15) is 27.7 Å². The fraction of sp³-hybridized carbons (Fsp3) is 0.846. The molecule has 0 aliphatic heterocycles. The van der Waals surface area contributed by atoms with Gasteiger partial charge in [0.15, 0.2) is 0 Å². The first-order chi connectivity index (χ1) is 9.67. The largest absolute Gasteiger partial charge is 0.484 e. The molecule has 0 atom stereocenters. The van der Waals surface area contributed by atoms with Gasteiger partial charge in [-0.15, -0.1) is 6.58 Å². The first-order valence-corrected chi connectivity index (χ1v) is 8.62. The molecule has 0 heterocycles. The number of allylic oxidation sites excluding steroid dienone is 1. The fourth-order valence-corrected chi connectivity index (χ4v) is 1.99. The van der Waals surface area contributed by atoms with Crippen LogP contribution in [-0.4, -0.2) is 55.5 Å². The summed E-state index contributed by atoms with van der Waals surface area (Å²) in [5.74, 6) is 0. The van der Waals surface area contributed by atoms with E-state index >= 15 is 0 Å². The SMILES string of the molecule is C=CC.CCO[SiH](OCC)OCC.NCCNCCN. The van der Waals surface area contributed by atoms with Gasteiger partial charge in [-0.2, -0.15) is 0 Å². The molecule has 0 aromatic heterocycles. The van der Waals surface area contributed by atoms with E-state index in [2.05, 4.69) is 11.9 Å². The van der Waals surface area contributed by atoms with Crippen LogP contribution in [0.3, 0.4) is 0 Å². The zero-order valence-corrected chi connectivity index (χ0v) is 14.8. The summed E-state index contributed by atoms with van der Waals surface area (Å²) >= 11 is 0. The van der Waals surface area contributed by atoms with Gasteiger partial charge in [-0.05, 0) is 27.7 Å². The van der Waals surface area contributed by atoms with Gasteiger partial charge in [-0.3, -0.25) is 0 Å². The molecule has 0 rings (SSSR count). The molecule has 0 radical (unpaired) electrons. The van der Waals surface area contributed by atoms with E-state index < -0.39 is 9.53 Å². The zero-order valence-electron chi connectivity index (χ0n) is 13.7. The minimum Gasteiger partial charge on any atom is -0.376 e. The molecule has 6 nitrogen and oxygen atoms in total. The van der Waals surface area contributed by atoms with Gasteiger partial charge in [0.2, 0.25) is 0 Å². The van der Waals surface area contributed by atoms with E-state index in [4.69, 9.17) is 24.7 Å². The Morgan fingerprint density at radius 2 is 1.25 bits per heavy atom. The van der Waals surface area contributed by atoms with Gasteiger partial charge in [0, 0.05) is 46.0 Å². The molecule has 0 amide bonds. The normalized spacial score (nSPS) is 9.35. The fourth-order valence-electron chi connectivity index (χ4n) is 0.882. The average Bonchev–Trinajstić information content (AvgIpc) is 2.42. The summed E-state index contributed by atoms with van der Waals surface area (Å²) in [5.41, 5.74) is 10.3. The van der Waals surface area contributed by atoms with Gasteiger partial charge >= 0.3 is 9.53 Å². The highest BCUT2D eigenvalue weighted by Crippen LogP contribution is 1.91. The second kappa shape index (κ2) is 27.1. The third-order valence-corrected chi connectivity index (χ3v) is 3.37. The Hall–Kier alpha value is -0.283. The summed E-state index contributed by atoms with van der Waals surface area (Å²) in [7, 11) is -1.73. The third-order valence-electron chi connectivity index (χ3n) is 1.55. The van der Waals surface area contributed by atoms with Crippen molar-refractivity contribution in [1.29, 1.82) is 0 Å². The monoisotopic (exact) mass is 309 g/mol. The molecule has 0 saturated heterocycles. The van der Waals surface area contributed by atoms with E-state index in [1.807, 2.05) is 27.7 Å². The van der Waals surface area contributed by atoms with Crippen molar-refractivity contribution in [1.82, 2.24) is 5.32 Å². The van der Waals surface area contributed by atoms with Crippen LogP contribution in [0.5, 0.6) is 0 Å². The molecule has 0 saturated carbocycles. The summed E-state index contributed by atoms with van der Waals surface area (Å²) in [6.07, 6.45) is 1.75. The van der Waals surface area contributed by atoms with Crippen molar-refractivity contribution in [2.75, 3.05) is 46.0 Å². The van der Waals surface area contributed by atoms with Crippen molar-refractivity contribution in [2.24, 2.45) is 11.5 Å². The summed E-state index contributed by atoms with van der Waals surface area (Å²) in [6.45, 7) is 16.2. The smallest absolute Gasteiger partial charge is 0.376 e. The molecule has 0 aromatic carbocycles. The second-order valence-corrected chi connectivity index (χ2v) is 4.97. The van der Waals surface area contributed by atoms with Gasteiger partial charge < -0.3 is 30.1 Å². The van der Waals surface area contributed by atoms with Crippen molar-refractivity contribution < 1.29 is 13.3 Å². The molecule has 0 unspecified atom stereocenters. The number of hydrogen-bond donors (Lipinski definition) is 3. The highest BCUT2D eigenvalue weighted by atomic mass is 28.3. The van der Waals surface area contributed by atoms with E-state index in [9.17, 15) is 0 Å². The lowest BCUT2D eigenvalue weighted by Crippen LogP contribution is -2.27. The Bertz CT molecular complexity index is 148. The lowest BCUT2D eigenvalue weighted by molar-refractivity contribution is 0.107. The van der Waals surface area contributed by atoms with Crippen LogP contribution in [0.2, 0.25) is 0 Å². The predicted molar refractivity (Wildman–Crippen MR) is 88.9 cm³/mol. The molecule has 20 heavy (non-hydrogen) atoms.